The van der Waals surface area contributed by atoms with Crippen LogP contribution >= 0.6 is 34.8 Å². The molecule has 0 aliphatic carbocycles. The van der Waals surface area contributed by atoms with Crippen LogP contribution in [0.5, 0.6) is 0 Å². The van der Waals surface area contributed by atoms with Gasteiger partial charge in [0.05, 0.1) is 15.6 Å². The topological polar surface area (TPSA) is 39.4 Å². The van der Waals surface area contributed by atoms with Gasteiger partial charge in [-0.1, -0.05) is 46.9 Å². The van der Waals surface area contributed by atoms with E-state index < -0.39 is 5.97 Å². The van der Waals surface area contributed by atoms with E-state index in [-0.39, 0.29) is 6.61 Å². The summed E-state index contributed by atoms with van der Waals surface area (Å²) in [6.07, 6.45) is 0. The molecule has 3 rings (SSSR count). The Kier molecular flexibility index (Phi) is 5.38. The summed E-state index contributed by atoms with van der Waals surface area (Å²) in [6.45, 7) is 1.87. The van der Waals surface area contributed by atoms with Crippen LogP contribution in [0.1, 0.15) is 21.7 Å². The lowest BCUT2D eigenvalue weighted by molar-refractivity contribution is 0.0446. The van der Waals surface area contributed by atoms with Crippen molar-refractivity contribution in [1.82, 2.24) is 0 Å². The molecule has 128 valence electrons. The second-order valence-electron chi connectivity index (χ2n) is 5.41. The molecule has 1 aromatic heterocycles. The number of carbonyl (C=O) groups excluding carboxylic acids is 1. The highest BCUT2D eigenvalue weighted by Crippen LogP contribution is 2.34. The monoisotopic (exact) mass is 394 g/mol. The number of halogens is 3. The molecule has 0 atom stereocenters. The maximum absolute atomic E-state index is 12.1. The van der Waals surface area contributed by atoms with E-state index in [4.69, 9.17) is 44.0 Å². The SMILES string of the molecule is Cc1ccc(C(=O)OCc2ccc(-c3cccc(Cl)c3Cl)o2)cc1Cl. The molecule has 1 heterocycles. The Balaban J connectivity index is 1.70. The lowest BCUT2D eigenvalue weighted by Crippen LogP contribution is -2.05. The molecule has 0 radical (unpaired) electrons. The molecule has 6 heteroatoms. The summed E-state index contributed by atoms with van der Waals surface area (Å²) in [6, 6.07) is 13.8. The summed E-state index contributed by atoms with van der Waals surface area (Å²) in [7, 11) is 0. The minimum absolute atomic E-state index is 0.00249. The standard InChI is InChI=1S/C19H13Cl3O3/c1-11-5-6-12(9-16(11)21)19(23)24-10-13-7-8-17(25-13)14-3-2-4-15(20)18(14)22/h2-9H,10H2,1H3. The first-order valence-electron chi connectivity index (χ1n) is 7.42. The van der Waals surface area contributed by atoms with Crippen LogP contribution in [0.3, 0.4) is 0 Å². The van der Waals surface area contributed by atoms with Crippen molar-refractivity contribution < 1.29 is 13.9 Å². The average molecular weight is 396 g/mol. The molecule has 0 saturated heterocycles. The number of aryl methyl sites for hydroxylation is 1. The van der Waals surface area contributed by atoms with Crippen LogP contribution in [-0.2, 0) is 11.3 Å². The lowest BCUT2D eigenvalue weighted by Gasteiger charge is -2.05. The van der Waals surface area contributed by atoms with Gasteiger partial charge in [0.2, 0.25) is 0 Å². The van der Waals surface area contributed by atoms with Gasteiger partial charge in [-0.2, -0.15) is 0 Å². The van der Waals surface area contributed by atoms with Crippen LogP contribution in [-0.4, -0.2) is 5.97 Å². The fourth-order valence-corrected chi connectivity index (χ4v) is 2.81. The first kappa shape index (κ1) is 17.9. The van der Waals surface area contributed by atoms with E-state index in [0.717, 1.165) is 5.56 Å². The molecule has 0 bridgehead atoms. The van der Waals surface area contributed by atoms with Crippen molar-refractivity contribution in [3.8, 4) is 11.3 Å². The first-order valence-corrected chi connectivity index (χ1v) is 8.55. The summed E-state index contributed by atoms with van der Waals surface area (Å²) in [4.78, 5) is 12.1. The Morgan fingerprint density at radius 3 is 2.60 bits per heavy atom. The summed E-state index contributed by atoms with van der Waals surface area (Å²) < 4.78 is 11.0. The maximum Gasteiger partial charge on any atom is 0.338 e. The van der Waals surface area contributed by atoms with Gasteiger partial charge in [-0.3, -0.25) is 0 Å². The Hall–Kier alpha value is -1.94. The molecule has 3 aromatic rings. The highest BCUT2D eigenvalue weighted by molar-refractivity contribution is 6.43. The number of carbonyl (C=O) groups is 1. The molecule has 0 saturated carbocycles. The number of furan rings is 1. The van der Waals surface area contributed by atoms with Crippen LogP contribution in [0.2, 0.25) is 15.1 Å². The highest BCUT2D eigenvalue weighted by Gasteiger charge is 2.13. The van der Waals surface area contributed by atoms with Gasteiger partial charge in [0.15, 0.2) is 0 Å². The summed E-state index contributed by atoms with van der Waals surface area (Å²) in [5.74, 6) is 0.579. The van der Waals surface area contributed by atoms with Crippen molar-refractivity contribution in [3.63, 3.8) is 0 Å². The van der Waals surface area contributed by atoms with Gasteiger partial charge in [0.1, 0.15) is 18.1 Å². The predicted octanol–water partition coefficient (Wildman–Crippen LogP) is 6.57. The van der Waals surface area contributed by atoms with E-state index in [9.17, 15) is 4.79 Å². The van der Waals surface area contributed by atoms with E-state index in [2.05, 4.69) is 0 Å². The van der Waals surface area contributed by atoms with Crippen LogP contribution in [0, 0.1) is 6.92 Å². The van der Waals surface area contributed by atoms with E-state index in [1.165, 1.54) is 0 Å². The Labute approximate surface area is 160 Å². The molecule has 0 fully saturated rings. The van der Waals surface area contributed by atoms with Gasteiger partial charge in [0.25, 0.3) is 0 Å². The fraction of sp³-hybridized carbons (Fsp3) is 0.105. The number of hydrogen-bond donors (Lipinski definition) is 0. The quantitative estimate of drug-likeness (QED) is 0.469. The van der Waals surface area contributed by atoms with Crippen molar-refractivity contribution in [2.24, 2.45) is 0 Å². The zero-order valence-electron chi connectivity index (χ0n) is 13.2. The second kappa shape index (κ2) is 7.52. The van der Waals surface area contributed by atoms with E-state index >= 15 is 0 Å². The third-order valence-corrected chi connectivity index (χ3v) is 4.86. The molecule has 0 aliphatic rings. The molecule has 0 N–H and O–H groups in total. The molecular weight excluding hydrogens is 383 g/mol. The van der Waals surface area contributed by atoms with Crippen LogP contribution in [0.4, 0.5) is 0 Å². The molecule has 0 spiro atoms. The third kappa shape index (κ3) is 4.01. The van der Waals surface area contributed by atoms with Gasteiger partial charge in [-0.05, 0) is 48.9 Å². The fourth-order valence-electron chi connectivity index (χ4n) is 2.23. The summed E-state index contributed by atoms with van der Waals surface area (Å²) in [5, 5.41) is 1.38. The second-order valence-corrected chi connectivity index (χ2v) is 6.60. The molecule has 0 aliphatic heterocycles. The Bertz CT molecular complexity index is 931. The van der Waals surface area contributed by atoms with E-state index in [1.807, 2.05) is 6.92 Å². The van der Waals surface area contributed by atoms with E-state index in [1.54, 1.807) is 48.5 Å². The largest absolute Gasteiger partial charge is 0.457 e. The molecule has 0 amide bonds. The third-order valence-electron chi connectivity index (χ3n) is 3.63. The van der Waals surface area contributed by atoms with Crippen LogP contribution in [0.25, 0.3) is 11.3 Å². The molecule has 25 heavy (non-hydrogen) atoms. The highest BCUT2D eigenvalue weighted by atomic mass is 35.5. The average Bonchev–Trinajstić information content (AvgIpc) is 3.06. The summed E-state index contributed by atoms with van der Waals surface area (Å²) in [5.41, 5.74) is 1.96. The minimum atomic E-state index is -0.472. The summed E-state index contributed by atoms with van der Waals surface area (Å²) >= 11 is 18.2. The van der Waals surface area contributed by atoms with Gasteiger partial charge >= 0.3 is 5.97 Å². The number of hydrogen-bond acceptors (Lipinski definition) is 3. The zero-order chi connectivity index (χ0) is 18.0. The number of rotatable bonds is 4. The lowest BCUT2D eigenvalue weighted by atomic mass is 10.1. The molecular formula is C19H13Cl3O3. The zero-order valence-corrected chi connectivity index (χ0v) is 15.5. The number of ether oxygens (including phenoxy) is 1. The minimum Gasteiger partial charge on any atom is -0.457 e. The molecule has 2 aromatic carbocycles. The van der Waals surface area contributed by atoms with E-state index in [0.29, 0.717) is 37.7 Å². The van der Waals surface area contributed by atoms with Crippen molar-refractivity contribution in [1.29, 1.82) is 0 Å². The van der Waals surface area contributed by atoms with Crippen molar-refractivity contribution >= 4 is 40.8 Å². The number of benzene rings is 2. The Morgan fingerprint density at radius 1 is 1.04 bits per heavy atom. The van der Waals surface area contributed by atoms with Crippen LogP contribution < -0.4 is 0 Å². The van der Waals surface area contributed by atoms with Gasteiger partial charge in [-0.15, -0.1) is 0 Å². The predicted molar refractivity (Wildman–Crippen MR) is 99.5 cm³/mol. The normalized spacial score (nSPS) is 10.7. The van der Waals surface area contributed by atoms with Crippen molar-refractivity contribution in [2.75, 3.05) is 0 Å². The van der Waals surface area contributed by atoms with Crippen molar-refractivity contribution in [3.05, 3.63) is 80.5 Å². The van der Waals surface area contributed by atoms with Crippen molar-refractivity contribution in [2.45, 2.75) is 13.5 Å². The van der Waals surface area contributed by atoms with Gasteiger partial charge < -0.3 is 9.15 Å². The Morgan fingerprint density at radius 2 is 1.84 bits per heavy atom. The molecule has 3 nitrogen and oxygen atoms in total. The van der Waals surface area contributed by atoms with Crippen LogP contribution in [0.15, 0.2) is 52.9 Å². The van der Waals surface area contributed by atoms with Gasteiger partial charge in [-0.25, -0.2) is 4.79 Å². The smallest absolute Gasteiger partial charge is 0.338 e. The molecule has 0 unspecified atom stereocenters. The maximum atomic E-state index is 12.1. The first-order chi connectivity index (χ1) is 12.0. The van der Waals surface area contributed by atoms with Gasteiger partial charge in [0, 0.05) is 10.6 Å². The number of esters is 1.